The summed E-state index contributed by atoms with van der Waals surface area (Å²) in [4.78, 5) is 19.6. The molecule has 3 saturated heterocycles. The van der Waals surface area contributed by atoms with Crippen LogP contribution < -0.4 is 4.90 Å². The van der Waals surface area contributed by atoms with Gasteiger partial charge < -0.3 is 4.74 Å². The highest BCUT2D eigenvalue weighted by Crippen LogP contribution is 2.31. The monoisotopic (exact) mass is 356 g/mol. The van der Waals surface area contributed by atoms with Crippen LogP contribution in [0.15, 0.2) is 42.5 Å². The zero-order chi connectivity index (χ0) is 17.2. The molecule has 5 rings (SSSR count). The number of carbonyl (C=O) groups excluding carboxylic acids is 1. The highest BCUT2D eigenvalue weighted by atomic mass is 32.1. The lowest BCUT2D eigenvalue weighted by Gasteiger charge is -2.44. The van der Waals surface area contributed by atoms with E-state index in [9.17, 15) is 4.79 Å². The Hall–Kier alpha value is -1.85. The lowest BCUT2D eigenvalue weighted by Crippen LogP contribution is -2.53. The van der Waals surface area contributed by atoms with Crippen LogP contribution in [0.4, 0.5) is 10.5 Å². The van der Waals surface area contributed by atoms with E-state index in [4.69, 9.17) is 4.74 Å². The number of nitrogens with zero attached hydrogens (tertiary/aromatic N) is 2. The Kier molecular flexibility index (Phi) is 4.77. The smallest absolute Gasteiger partial charge is 0.414 e. The van der Waals surface area contributed by atoms with Gasteiger partial charge in [0.15, 0.2) is 0 Å². The van der Waals surface area contributed by atoms with Gasteiger partial charge in [0.05, 0.1) is 6.54 Å². The third-order valence-corrected chi connectivity index (χ3v) is 6.23. The maximum absolute atomic E-state index is 13.0. The second-order valence-corrected chi connectivity index (χ2v) is 8.37. The van der Waals surface area contributed by atoms with Gasteiger partial charge in [0, 0.05) is 22.0 Å². The van der Waals surface area contributed by atoms with E-state index in [1.54, 1.807) is 16.2 Å². The molecule has 0 unspecified atom stereocenters. The SMILES string of the molecule is Cc1ccc(CN(C(=O)O[C@H]2CN3CCC2CC3)c2ccccc2)s1. The van der Waals surface area contributed by atoms with Gasteiger partial charge in [-0.2, -0.15) is 0 Å². The summed E-state index contributed by atoms with van der Waals surface area (Å²) in [5, 5.41) is 0. The van der Waals surface area contributed by atoms with Crippen molar-refractivity contribution < 1.29 is 9.53 Å². The molecule has 4 nitrogen and oxygen atoms in total. The molecule has 3 fully saturated rings. The van der Waals surface area contributed by atoms with Gasteiger partial charge in [-0.3, -0.25) is 9.80 Å². The Morgan fingerprint density at radius 3 is 2.56 bits per heavy atom. The molecular weight excluding hydrogens is 332 g/mol. The fraction of sp³-hybridized carbons (Fsp3) is 0.450. The molecule has 25 heavy (non-hydrogen) atoms. The minimum Gasteiger partial charge on any atom is -0.444 e. The number of thiophene rings is 1. The topological polar surface area (TPSA) is 32.8 Å². The Labute approximate surface area is 153 Å². The lowest BCUT2D eigenvalue weighted by molar-refractivity contribution is -0.0311. The first-order valence-electron chi connectivity index (χ1n) is 9.00. The van der Waals surface area contributed by atoms with E-state index in [2.05, 4.69) is 24.0 Å². The molecule has 2 aromatic rings. The van der Waals surface area contributed by atoms with Gasteiger partial charge in [-0.25, -0.2) is 4.79 Å². The van der Waals surface area contributed by atoms with Gasteiger partial charge in [0.1, 0.15) is 6.10 Å². The molecule has 2 bridgehead atoms. The van der Waals surface area contributed by atoms with E-state index < -0.39 is 0 Å². The number of carbonyl (C=O) groups is 1. The number of piperidine rings is 3. The number of aryl methyl sites for hydroxylation is 1. The molecule has 1 amide bonds. The molecule has 1 aromatic heterocycles. The van der Waals surface area contributed by atoms with E-state index in [0.717, 1.165) is 38.2 Å². The van der Waals surface area contributed by atoms with Gasteiger partial charge in [0.2, 0.25) is 0 Å². The number of anilines is 1. The highest BCUT2D eigenvalue weighted by molar-refractivity contribution is 7.11. The van der Waals surface area contributed by atoms with E-state index in [-0.39, 0.29) is 12.2 Å². The maximum atomic E-state index is 13.0. The van der Waals surface area contributed by atoms with Crippen LogP contribution in [0.25, 0.3) is 0 Å². The summed E-state index contributed by atoms with van der Waals surface area (Å²) in [6.07, 6.45) is 2.10. The van der Waals surface area contributed by atoms with Crippen molar-refractivity contribution in [1.29, 1.82) is 0 Å². The average molecular weight is 356 g/mol. The van der Waals surface area contributed by atoms with Gasteiger partial charge in [-0.1, -0.05) is 18.2 Å². The molecule has 132 valence electrons. The summed E-state index contributed by atoms with van der Waals surface area (Å²) in [5.74, 6) is 0.524. The van der Waals surface area contributed by atoms with E-state index in [1.807, 2.05) is 30.3 Å². The van der Waals surface area contributed by atoms with Crippen LogP contribution in [-0.4, -0.2) is 36.7 Å². The fourth-order valence-corrected chi connectivity index (χ4v) is 4.71. The normalized spacial score (nSPS) is 24.9. The number of fused-ring (bicyclic) bond motifs is 3. The highest BCUT2D eigenvalue weighted by Gasteiger charge is 2.37. The van der Waals surface area contributed by atoms with Crippen molar-refractivity contribution in [2.45, 2.75) is 32.4 Å². The minimum atomic E-state index is -0.226. The molecule has 0 spiro atoms. The molecule has 0 aliphatic carbocycles. The Balaban J connectivity index is 1.51. The molecule has 3 aliphatic heterocycles. The van der Waals surface area contributed by atoms with Crippen molar-refractivity contribution in [2.75, 3.05) is 24.5 Å². The number of ether oxygens (including phenoxy) is 1. The Morgan fingerprint density at radius 1 is 1.20 bits per heavy atom. The van der Waals surface area contributed by atoms with Crippen LogP contribution in [0, 0.1) is 12.8 Å². The second kappa shape index (κ2) is 7.18. The van der Waals surface area contributed by atoms with Crippen LogP contribution in [0.5, 0.6) is 0 Å². The Morgan fingerprint density at radius 2 is 1.96 bits per heavy atom. The lowest BCUT2D eigenvalue weighted by atomic mass is 9.86. The molecule has 0 radical (unpaired) electrons. The zero-order valence-electron chi connectivity index (χ0n) is 14.6. The summed E-state index contributed by atoms with van der Waals surface area (Å²) in [6, 6.07) is 14.0. The molecule has 4 heterocycles. The third kappa shape index (κ3) is 3.72. The molecule has 3 aliphatic rings. The van der Waals surface area contributed by atoms with Gasteiger partial charge >= 0.3 is 6.09 Å². The van der Waals surface area contributed by atoms with Crippen molar-refractivity contribution in [2.24, 2.45) is 5.92 Å². The molecule has 1 atom stereocenters. The fourth-order valence-electron chi connectivity index (χ4n) is 3.83. The van der Waals surface area contributed by atoms with Gasteiger partial charge in [0.25, 0.3) is 0 Å². The second-order valence-electron chi connectivity index (χ2n) is 6.99. The molecule has 5 heteroatoms. The maximum Gasteiger partial charge on any atom is 0.414 e. The van der Waals surface area contributed by atoms with Crippen LogP contribution in [0.3, 0.4) is 0 Å². The minimum absolute atomic E-state index is 0.0336. The van der Waals surface area contributed by atoms with Crippen molar-refractivity contribution in [3.05, 3.63) is 52.2 Å². The van der Waals surface area contributed by atoms with Crippen LogP contribution >= 0.6 is 11.3 Å². The van der Waals surface area contributed by atoms with Crippen LogP contribution in [0.1, 0.15) is 22.6 Å². The Bertz CT molecular complexity index is 722. The van der Waals surface area contributed by atoms with E-state index >= 15 is 0 Å². The molecule has 0 saturated carbocycles. The molecule has 1 aromatic carbocycles. The number of amides is 1. The number of hydrogen-bond acceptors (Lipinski definition) is 4. The summed E-state index contributed by atoms with van der Waals surface area (Å²) >= 11 is 1.73. The first-order chi connectivity index (χ1) is 12.2. The van der Waals surface area contributed by atoms with E-state index in [0.29, 0.717) is 12.5 Å². The number of benzene rings is 1. The largest absolute Gasteiger partial charge is 0.444 e. The summed E-state index contributed by atoms with van der Waals surface area (Å²) in [6.45, 7) is 5.83. The first-order valence-corrected chi connectivity index (χ1v) is 9.81. The number of para-hydroxylation sites is 1. The molecule has 0 N–H and O–H groups in total. The van der Waals surface area contributed by atoms with Gasteiger partial charge in [-0.15, -0.1) is 11.3 Å². The van der Waals surface area contributed by atoms with Crippen molar-refractivity contribution in [1.82, 2.24) is 4.90 Å². The predicted molar refractivity (Wildman–Crippen MR) is 101 cm³/mol. The van der Waals surface area contributed by atoms with Crippen molar-refractivity contribution in [3.63, 3.8) is 0 Å². The predicted octanol–water partition coefficient (Wildman–Crippen LogP) is 4.29. The van der Waals surface area contributed by atoms with Crippen LogP contribution in [-0.2, 0) is 11.3 Å². The molecular formula is C20H24N2O2S. The van der Waals surface area contributed by atoms with Gasteiger partial charge in [-0.05, 0) is 63.0 Å². The van der Waals surface area contributed by atoms with Crippen molar-refractivity contribution in [3.8, 4) is 0 Å². The zero-order valence-corrected chi connectivity index (χ0v) is 15.4. The summed E-state index contributed by atoms with van der Waals surface area (Å²) < 4.78 is 5.97. The quantitative estimate of drug-likeness (QED) is 0.819. The average Bonchev–Trinajstić information content (AvgIpc) is 3.06. The van der Waals surface area contributed by atoms with Crippen molar-refractivity contribution >= 4 is 23.1 Å². The summed E-state index contributed by atoms with van der Waals surface area (Å²) in [5.41, 5.74) is 0.889. The number of hydrogen-bond donors (Lipinski definition) is 0. The summed E-state index contributed by atoms with van der Waals surface area (Å²) in [7, 11) is 0. The third-order valence-electron chi connectivity index (χ3n) is 5.25. The van der Waals surface area contributed by atoms with E-state index in [1.165, 1.54) is 9.75 Å². The standard InChI is InChI=1S/C20H24N2O2S/c1-15-7-8-18(25-15)13-22(17-5-3-2-4-6-17)20(23)24-19-14-21-11-9-16(19)10-12-21/h2-8,16,19H,9-14H2,1H3/t19-/m0/s1. The number of rotatable bonds is 4. The van der Waals surface area contributed by atoms with Crippen LogP contribution in [0.2, 0.25) is 0 Å². The first kappa shape index (κ1) is 16.6.